The lowest BCUT2D eigenvalue weighted by molar-refractivity contribution is -0.115. The topological polar surface area (TPSA) is 91.2 Å². The quantitative estimate of drug-likeness (QED) is 0.805. The summed E-state index contributed by atoms with van der Waals surface area (Å²) in [5.41, 5.74) is 0.416. The van der Waals surface area contributed by atoms with Gasteiger partial charge < -0.3 is 20.1 Å². The monoisotopic (exact) mass is 347 g/mol. The van der Waals surface area contributed by atoms with Crippen LogP contribution in [0, 0.1) is 5.82 Å². The lowest BCUT2D eigenvalue weighted by atomic mass is 10.1. The first-order chi connectivity index (χ1) is 12.0. The zero-order chi connectivity index (χ0) is 17.8. The molecule has 0 bridgehead atoms. The van der Waals surface area contributed by atoms with Crippen LogP contribution in [0.15, 0.2) is 35.1 Å². The van der Waals surface area contributed by atoms with Crippen LogP contribution in [-0.2, 0) is 14.3 Å². The van der Waals surface area contributed by atoms with E-state index in [0.717, 1.165) is 18.2 Å². The lowest BCUT2D eigenvalue weighted by Gasteiger charge is -2.30. The third kappa shape index (κ3) is 4.42. The molecule has 2 N–H and O–H groups in total. The lowest BCUT2D eigenvalue weighted by Crippen LogP contribution is -2.36. The number of phenols is 1. The molecular weight excluding hydrogens is 329 g/mol. The summed E-state index contributed by atoms with van der Waals surface area (Å²) in [6, 6.07) is 3.28. The Morgan fingerprint density at radius 2 is 2.12 bits per heavy atom. The number of carbonyl (C=O) groups is 2. The Morgan fingerprint density at radius 3 is 2.88 bits per heavy atom. The van der Waals surface area contributed by atoms with Crippen LogP contribution >= 0.6 is 0 Å². The van der Waals surface area contributed by atoms with Gasteiger partial charge in [-0.15, -0.1) is 0 Å². The average Bonchev–Trinajstić information content (AvgIpc) is 2.58. The number of rotatable bonds is 4. The largest absolute Gasteiger partial charge is 0.506 e. The fraction of sp³-hybridized carbons (Fsp3) is 0.353. The van der Waals surface area contributed by atoms with Gasteiger partial charge in [0.05, 0.1) is 25.3 Å². The molecule has 2 aliphatic heterocycles. The van der Waals surface area contributed by atoms with Crippen LogP contribution in [0.25, 0.3) is 0 Å². The summed E-state index contributed by atoms with van der Waals surface area (Å²) in [5, 5.41) is 12.1. The number of ether oxygens (including phenoxy) is 1. The Kier molecular flexibility index (Phi) is 5.08. The standard InChI is InChI=1S/C17H18FN3O4/c18-11-1-2-15(23)14(7-11)20-17(24)9-12-8-13(22)10-16(19-12)21-3-5-25-6-4-21/h1-2,7,10,23H,3-6,8-9H2,(H,20,24). The minimum Gasteiger partial charge on any atom is -0.506 e. The summed E-state index contributed by atoms with van der Waals surface area (Å²) >= 11 is 0. The van der Waals surface area contributed by atoms with Crippen molar-refractivity contribution in [2.45, 2.75) is 12.8 Å². The van der Waals surface area contributed by atoms with E-state index < -0.39 is 11.7 Å². The number of hydrogen-bond donors (Lipinski definition) is 2. The SMILES string of the molecule is O=C1C=C(N2CCOCC2)N=C(CC(=O)Nc2cc(F)ccc2O)C1. The molecule has 8 heteroatoms. The molecule has 0 radical (unpaired) electrons. The normalized spacial score (nSPS) is 17.8. The number of benzene rings is 1. The molecule has 2 aliphatic rings. The Balaban J connectivity index is 1.67. The molecule has 1 fully saturated rings. The smallest absolute Gasteiger partial charge is 0.230 e. The predicted octanol–water partition coefficient (Wildman–Crippen LogP) is 1.45. The summed E-state index contributed by atoms with van der Waals surface area (Å²) in [7, 11) is 0. The molecule has 3 rings (SSSR count). The number of anilines is 1. The highest BCUT2D eigenvalue weighted by Gasteiger charge is 2.21. The van der Waals surface area contributed by atoms with Crippen molar-refractivity contribution in [3.63, 3.8) is 0 Å². The van der Waals surface area contributed by atoms with Crippen LogP contribution in [0.5, 0.6) is 5.75 Å². The third-order valence-electron chi connectivity index (χ3n) is 3.87. The number of aromatic hydroxyl groups is 1. The number of aliphatic imine (C=N–C) groups is 1. The number of amides is 1. The van der Waals surface area contributed by atoms with Gasteiger partial charge in [0.2, 0.25) is 5.91 Å². The Hall–Kier alpha value is -2.74. The molecule has 0 aromatic heterocycles. The molecule has 132 valence electrons. The molecule has 1 saturated heterocycles. The van der Waals surface area contributed by atoms with E-state index in [4.69, 9.17) is 4.74 Å². The zero-order valence-corrected chi connectivity index (χ0v) is 13.5. The number of allylic oxidation sites excluding steroid dienone is 1. The Morgan fingerprint density at radius 1 is 1.36 bits per heavy atom. The number of nitrogens with one attached hydrogen (secondary N) is 1. The zero-order valence-electron chi connectivity index (χ0n) is 13.5. The van der Waals surface area contributed by atoms with Gasteiger partial charge in [-0.2, -0.15) is 0 Å². The van der Waals surface area contributed by atoms with Gasteiger partial charge in [-0.25, -0.2) is 9.38 Å². The second-order valence-corrected chi connectivity index (χ2v) is 5.81. The van der Waals surface area contributed by atoms with E-state index in [1.807, 2.05) is 4.90 Å². The van der Waals surface area contributed by atoms with Gasteiger partial charge in [0, 0.05) is 37.4 Å². The summed E-state index contributed by atoms with van der Waals surface area (Å²) in [4.78, 5) is 30.4. The Labute approximate surface area is 143 Å². The van der Waals surface area contributed by atoms with Crippen molar-refractivity contribution < 1.29 is 23.8 Å². The second kappa shape index (κ2) is 7.43. The van der Waals surface area contributed by atoms with Crippen LogP contribution < -0.4 is 5.32 Å². The first kappa shape index (κ1) is 17.1. The van der Waals surface area contributed by atoms with E-state index >= 15 is 0 Å². The maximum absolute atomic E-state index is 13.2. The third-order valence-corrected chi connectivity index (χ3v) is 3.87. The van der Waals surface area contributed by atoms with Crippen LogP contribution in [0.4, 0.5) is 10.1 Å². The summed E-state index contributed by atoms with van der Waals surface area (Å²) in [5.74, 6) is -0.861. The van der Waals surface area contributed by atoms with Crippen LogP contribution in [0.1, 0.15) is 12.8 Å². The molecule has 0 unspecified atom stereocenters. The van der Waals surface area contributed by atoms with Crippen LogP contribution in [0.3, 0.4) is 0 Å². The van der Waals surface area contributed by atoms with Crippen molar-refractivity contribution in [1.82, 2.24) is 4.90 Å². The maximum atomic E-state index is 13.2. The first-order valence-electron chi connectivity index (χ1n) is 7.93. The van der Waals surface area contributed by atoms with E-state index in [2.05, 4.69) is 10.3 Å². The van der Waals surface area contributed by atoms with Gasteiger partial charge in [0.25, 0.3) is 0 Å². The van der Waals surface area contributed by atoms with Crippen LogP contribution in [0.2, 0.25) is 0 Å². The van der Waals surface area contributed by atoms with Gasteiger partial charge >= 0.3 is 0 Å². The molecule has 2 heterocycles. The number of carbonyl (C=O) groups excluding carboxylic acids is 2. The van der Waals surface area contributed by atoms with Crippen molar-refractivity contribution >= 4 is 23.1 Å². The number of halogens is 1. The first-order valence-corrected chi connectivity index (χ1v) is 7.93. The molecule has 0 spiro atoms. The highest BCUT2D eigenvalue weighted by Crippen LogP contribution is 2.24. The summed E-state index contributed by atoms with van der Waals surface area (Å²) in [6.45, 7) is 2.41. The number of morpholine rings is 1. The van der Waals surface area contributed by atoms with Gasteiger partial charge in [-0.05, 0) is 12.1 Å². The van der Waals surface area contributed by atoms with Crippen molar-refractivity contribution in [2.75, 3.05) is 31.6 Å². The minimum atomic E-state index is -0.573. The van der Waals surface area contributed by atoms with Crippen molar-refractivity contribution in [2.24, 2.45) is 4.99 Å². The summed E-state index contributed by atoms with van der Waals surface area (Å²) in [6.07, 6.45) is 1.44. The van der Waals surface area contributed by atoms with E-state index in [1.165, 1.54) is 6.08 Å². The fourth-order valence-corrected chi connectivity index (χ4v) is 2.67. The molecular formula is C17H18FN3O4. The van der Waals surface area contributed by atoms with E-state index in [1.54, 1.807) is 0 Å². The van der Waals surface area contributed by atoms with Crippen molar-refractivity contribution in [3.8, 4) is 5.75 Å². The predicted molar refractivity (Wildman–Crippen MR) is 88.8 cm³/mol. The van der Waals surface area contributed by atoms with E-state index in [-0.39, 0.29) is 30.1 Å². The minimum absolute atomic E-state index is 0.0170. The highest BCUT2D eigenvalue weighted by molar-refractivity contribution is 6.16. The van der Waals surface area contributed by atoms with Crippen molar-refractivity contribution in [3.05, 3.63) is 35.9 Å². The average molecular weight is 347 g/mol. The molecule has 7 nitrogen and oxygen atoms in total. The van der Waals surface area contributed by atoms with Gasteiger partial charge in [-0.3, -0.25) is 9.59 Å². The molecule has 0 saturated carbocycles. The number of phenolic OH excluding ortho intramolecular Hbond substituents is 1. The summed E-state index contributed by atoms with van der Waals surface area (Å²) < 4.78 is 18.5. The number of ketones is 1. The Bertz CT molecular complexity index is 754. The van der Waals surface area contributed by atoms with E-state index in [9.17, 15) is 19.1 Å². The second-order valence-electron chi connectivity index (χ2n) is 5.81. The molecule has 1 aromatic carbocycles. The van der Waals surface area contributed by atoms with Gasteiger partial charge in [0.15, 0.2) is 5.78 Å². The van der Waals surface area contributed by atoms with Crippen molar-refractivity contribution in [1.29, 1.82) is 0 Å². The number of nitrogens with zero attached hydrogens (tertiary/aromatic N) is 2. The molecule has 1 amide bonds. The molecule has 1 aromatic rings. The molecule has 0 atom stereocenters. The molecule has 0 aliphatic carbocycles. The fourth-order valence-electron chi connectivity index (χ4n) is 2.67. The molecule has 25 heavy (non-hydrogen) atoms. The maximum Gasteiger partial charge on any atom is 0.230 e. The van der Waals surface area contributed by atoms with Gasteiger partial charge in [0.1, 0.15) is 17.4 Å². The number of hydrogen-bond acceptors (Lipinski definition) is 6. The highest BCUT2D eigenvalue weighted by atomic mass is 19.1. The van der Waals surface area contributed by atoms with Crippen LogP contribution in [-0.4, -0.2) is 53.7 Å². The van der Waals surface area contributed by atoms with E-state index in [0.29, 0.717) is 37.8 Å². The van der Waals surface area contributed by atoms with Gasteiger partial charge in [-0.1, -0.05) is 0 Å².